The van der Waals surface area contributed by atoms with Crippen LogP contribution in [0.1, 0.15) is 19.3 Å². The Morgan fingerprint density at radius 2 is 2.18 bits per heavy atom. The largest absolute Gasteiger partial charge is 0.421 e. The molecule has 0 unspecified atom stereocenters. The Balaban J connectivity index is 1.61. The molecule has 2 heterocycles. The van der Waals surface area contributed by atoms with Crippen molar-refractivity contribution in [3.8, 4) is 0 Å². The molecule has 0 radical (unpaired) electrons. The molecule has 22 heavy (non-hydrogen) atoms. The minimum atomic E-state index is -0.314. The zero-order valence-corrected chi connectivity index (χ0v) is 13.1. The van der Waals surface area contributed by atoms with Crippen molar-refractivity contribution in [2.75, 3.05) is 19.8 Å². The van der Waals surface area contributed by atoms with Crippen molar-refractivity contribution in [1.82, 2.24) is 9.47 Å². The van der Waals surface area contributed by atoms with Gasteiger partial charge in [0.2, 0.25) is 0 Å². The molecule has 1 saturated carbocycles. The first-order chi connectivity index (χ1) is 10.7. The monoisotopic (exact) mass is 322 g/mol. The van der Waals surface area contributed by atoms with Gasteiger partial charge in [-0.15, -0.1) is 0 Å². The van der Waals surface area contributed by atoms with Gasteiger partial charge in [-0.3, -0.25) is 9.47 Å². The van der Waals surface area contributed by atoms with Crippen molar-refractivity contribution in [1.29, 1.82) is 0 Å². The lowest BCUT2D eigenvalue weighted by molar-refractivity contribution is 0.145. The minimum absolute atomic E-state index is 0.314. The SMILES string of the molecule is O=c1oc2ccc(Cl)cc2n1CN(C[C@@H]1CCOC1)C1CC1. The normalized spacial score (nSPS) is 22.0. The summed E-state index contributed by atoms with van der Waals surface area (Å²) >= 11 is 6.06. The lowest BCUT2D eigenvalue weighted by Crippen LogP contribution is -2.36. The number of fused-ring (bicyclic) bond motifs is 1. The first kappa shape index (κ1) is 14.3. The maximum Gasteiger partial charge on any atom is 0.421 e. The standard InChI is InChI=1S/C16H19ClN2O3/c17-12-1-4-15-14(7-12)19(16(20)22-15)10-18(13-2-3-13)8-11-5-6-21-9-11/h1,4,7,11,13H,2-3,5-6,8-10H2/t11-/m0/s1. The summed E-state index contributed by atoms with van der Waals surface area (Å²) in [6.45, 7) is 3.22. The molecule has 2 aliphatic rings. The molecule has 1 aromatic carbocycles. The third-order valence-corrected chi connectivity index (χ3v) is 4.77. The second-order valence-electron chi connectivity index (χ2n) is 6.28. The maximum atomic E-state index is 12.2. The predicted molar refractivity (Wildman–Crippen MR) is 84.1 cm³/mol. The molecule has 1 aromatic heterocycles. The number of rotatable bonds is 5. The van der Waals surface area contributed by atoms with Crippen LogP contribution in [-0.2, 0) is 11.4 Å². The van der Waals surface area contributed by atoms with E-state index in [1.807, 2.05) is 0 Å². The fraction of sp³-hybridized carbons (Fsp3) is 0.562. The highest BCUT2D eigenvalue weighted by Gasteiger charge is 2.32. The summed E-state index contributed by atoms with van der Waals surface area (Å²) < 4.78 is 12.5. The Labute approximate surface area is 133 Å². The molecule has 2 fully saturated rings. The molecule has 1 aliphatic carbocycles. The molecule has 0 amide bonds. The lowest BCUT2D eigenvalue weighted by Gasteiger charge is -2.24. The third kappa shape index (κ3) is 2.81. The quantitative estimate of drug-likeness (QED) is 0.849. The molecule has 6 heteroatoms. The second kappa shape index (κ2) is 5.72. The van der Waals surface area contributed by atoms with Crippen molar-refractivity contribution in [3.63, 3.8) is 0 Å². The number of halogens is 1. The van der Waals surface area contributed by atoms with Crippen molar-refractivity contribution in [2.24, 2.45) is 5.92 Å². The van der Waals surface area contributed by atoms with Gasteiger partial charge in [0.25, 0.3) is 0 Å². The molecule has 1 atom stereocenters. The molecule has 118 valence electrons. The Morgan fingerprint density at radius 3 is 2.91 bits per heavy atom. The van der Waals surface area contributed by atoms with Gasteiger partial charge in [-0.25, -0.2) is 4.79 Å². The van der Waals surface area contributed by atoms with Gasteiger partial charge in [-0.05, 0) is 43.4 Å². The first-order valence-electron chi connectivity index (χ1n) is 7.81. The fourth-order valence-corrected chi connectivity index (χ4v) is 3.34. The van der Waals surface area contributed by atoms with E-state index >= 15 is 0 Å². The highest BCUT2D eigenvalue weighted by atomic mass is 35.5. The molecule has 1 aliphatic heterocycles. The van der Waals surface area contributed by atoms with Gasteiger partial charge in [0.05, 0.1) is 18.8 Å². The van der Waals surface area contributed by atoms with Crippen LogP contribution >= 0.6 is 11.6 Å². The summed E-state index contributed by atoms with van der Waals surface area (Å²) in [7, 11) is 0. The zero-order chi connectivity index (χ0) is 15.1. The Morgan fingerprint density at radius 1 is 1.32 bits per heavy atom. The van der Waals surface area contributed by atoms with Crippen molar-refractivity contribution >= 4 is 22.7 Å². The molecular formula is C16H19ClN2O3. The summed E-state index contributed by atoms with van der Waals surface area (Å²) in [5, 5.41) is 0.615. The van der Waals surface area contributed by atoms with Crippen LogP contribution < -0.4 is 5.76 Å². The Kier molecular flexibility index (Phi) is 3.72. The zero-order valence-electron chi connectivity index (χ0n) is 12.3. The first-order valence-corrected chi connectivity index (χ1v) is 8.19. The van der Waals surface area contributed by atoms with E-state index in [0.29, 0.717) is 29.2 Å². The summed E-state index contributed by atoms with van der Waals surface area (Å²) in [5.74, 6) is 0.253. The van der Waals surface area contributed by atoms with Gasteiger partial charge in [0.1, 0.15) is 0 Å². The smallest absolute Gasteiger partial charge is 0.408 e. The van der Waals surface area contributed by atoms with E-state index in [1.54, 1.807) is 22.8 Å². The van der Waals surface area contributed by atoms with E-state index < -0.39 is 0 Å². The van der Waals surface area contributed by atoms with Crippen LogP contribution in [0.4, 0.5) is 0 Å². The van der Waals surface area contributed by atoms with Crippen LogP contribution in [0.3, 0.4) is 0 Å². The summed E-state index contributed by atoms with van der Waals surface area (Å²) in [4.78, 5) is 14.6. The van der Waals surface area contributed by atoms with Gasteiger partial charge < -0.3 is 9.15 Å². The molecule has 0 bridgehead atoms. The van der Waals surface area contributed by atoms with Gasteiger partial charge in [0, 0.05) is 24.2 Å². The van der Waals surface area contributed by atoms with E-state index in [1.165, 1.54) is 12.8 Å². The number of benzene rings is 1. The Hall–Kier alpha value is -1.30. The van der Waals surface area contributed by atoms with E-state index in [4.69, 9.17) is 20.8 Å². The van der Waals surface area contributed by atoms with Crippen LogP contribution in [0.5, 0.6) is 0 Å². The third-order valence-electron chi connectivity index (χ3n) is 4.53. The highest BCUT2D eigenvalue weighted by molar-refractivity contribution is 6.31. The highest BCUT2D eigenvalue weighted by Crippen LogP contribution is 2.30. The van der Waals surface area contributed by atoms with E-state index in [9.17, 15) is 4.79 Å². The van der Waals surface area contributed by atoms with Crippen molar-refractivity contribution < 1.29 is 9.15 Å². The number of ether oxygens (including phenoxy) is 1. The van der Waals surface area contributed by atoms with Gasteiger partial charge >= 0.3 is 5.76 Å². The molecule has 2 aromatic rings. The Bertz CT molecular complexity index is 729. The number of nitrogens with zero attached hydrogens (tertiary/aromatic N) is 2. The average Bonchev–Trinajstić information content (AvgIpc) is 3.14. The average molecular weight is 323 g/mol. The van der Waals surface area contributed by atoms with E-state index in [0.717, 1.165) is 31.7 Å². The van der Waals surface area contributed by atoms with Crippen LogP contribution in [0.2, 0.25) is 5.02 Å². The van der Waals surface area contributed by atoms with Crippen molar-refractivity contribution in [2.45, 2.75) is 32.0 Å². The molecular weight excluding hydrogens is 304 g/mol. The minimum Gasteiger partial charge on any atom is -0.408 e. The molecule has 5 nitrogen and oxygen atoms in total. The van der Waals surface area contributed by atoms with Crippen LogP contribution in [0.15, 0.2) is 27.4 Å². The van der Waals surface area contributed by atoms with Crippen LogP contribution in [0, 0.1) is 5.92 Å². The topological polar surface area (TPSA) is 47.6 Å². The van der Waals surface area contributed by atoms with Gasteiger partial charge in [0.15, 0.2) is 5.58 Å². The summed E-state index contributed by atoms with van der Waals surface area (Å²) in [5.41, 5.74) is 1.36. The van der Waals surface area contributed by atoms with Gasteiger partial charge in [-0.2, -0.15) is 0 Å². The molecule has 4 rings (SSSR count). The van der Waals surface area contributed by atoms with E-state index in [2.05, 4.69) is 4.90 Å². The van der Waals surface area contributed by atoms with Gasteiger partial charge in [-0.1, -0.05) is 11.6 Å². The number of hydrogen-bond acceptors (Lipinski definition) is 4. The van der Waals surface area contributed by atoms with Crippen LogP contribution in [-0.4, -0.2) is 35.3 Å². The summed E-state index contributed by atoms with van der Waals surface area (Å²) in [6.07, 6.45) is 3.52. The molecule has 0 spiro atoms. The molecule has 1 saturated heterocycles. The van der Waals surface area contributed by atoms with Crippen molar-refractivity contribution in [3.05, 3.63) is 33.8 Å². The van der Waals surface area contributed by atoms with Crippen LogP contribution in [0.25, 0.3) is 11.1 Å². The number of aromatic nitrogens is 1. The summed E-state index contributed by atoms with van der Waals surface area (Å²) in [6, 6.07) is 5.87. The maximum absolute atomic E-state index is 12.2. The predicted octanol–water partition coefficient (Wildman–Crippen LogP) is 2.71. The fourth-order valence-electron chi connectivity index (χ4n) is 3.17. The van der Waals surface area contributed by atoms with E-state index in [-0.39, 0.29) is 5.76 Å². The lowest BCUT2D eigenvalue weighted by atomic mass is 10.1. The number of oxazole rings is 1. The second-order valence-corrected chi connectivity index (χ2v) is 6.72. The molecule has 0 N–H and O–H groups in total. The number of hydrogen-bond donors (Lipinski definition) is 0.